The third-order valence-corrected chi connectivity index (χ3v) is 3.60. The van der Waals surface area contributed by atoms with Gasteiger partial charge in [-0.15, -0.1) is 0 Å². The van der Waals surface area contributed by atoms with Crippen LogP contribution in [-0.4, -0.2) is 6.04 Å². The predicted octanol–water partition coefficient (Wildman–Crippen LogP) is 4.01. The average molecular weight is 228 g/mol. The Morgan fingerprint density at radius 1 is 0.875 bits per heavy atom. The van der Waals surface area contributed by atoms with Crippen LogP contribution in [0.15, 0.2) is 0 Å². The van der Waals surface area contributed by atoms with Gasteiger partial charge < -0.3 is 0 Å². The summed E-state index contributed by atoms with van der Waals surface area (Å²) in [4.78, 5) is 0. The van der Waals surface area contributed by atoms with Crippen LogP contribution in [-0.2, 0) is 0 Å². The van der Waals surface area contributed by atoms with Crippen molar-refractivity contribution in [2.45, 2.75) is 84.6 Å². The zero-order valence-corrected chi connectivity index (χ0v) is 11.6. The first-order valence-corrected chi connectivity index (χ1v) is 7.26. The third kappa shape index (κ3) is 7.24. The van der Waals surface area contributed by atoms with Crippen LogP contribution >= 0.6 is 0 Å². The number of rotatable bonds is 11. The summed E-state index contributed by atoms with van der Waals surface area (Å²) in [5.41, 5.74) is 3.04. The second-order valence-corrected chi connectivity index (χ2v) is 4.93. The van der Waals surface area contributed by atoms with Crippen LogP contribution in [0.1, 0.15) is 78.6 Å². The van der Waals surface area contributed by atoms with Crippen LogP contribution in [0.5, 0.6) is 0 Å². The van der Waals surface area contributed by atoms with E-state index in [9.17, 15) is 0 Å². The maximum Gasteiger partial charge on any atom is 0.0238 e. The Balaban J connectivity index is 3.81. The Bertz CT molecular complexity index is 137. The van der Waals surface area contributed by atoms with Crippen LogP contribution in [0.3, 0.4) is 0 Å². The largest absolute Gasteiger partial charge is 0.271 e. The average Bonchev–Trinajstić information content (AvgIpc) is 2.32. The lowest BCUT2D eigenvalue weighted by molar-refractivity contribution is 0.298. The molecule has 3 N–H and O–H groups in total. The van der Waals surface area contributed by atoms with Crippen molar-refractivity contribution < 1.29 is 0 Å². The smallest absolute Gasteiger partial charge is 0.0238 e. The van der Waals surface area contributed by atoms with Gasteiger partial charge in [0.25, 0.3) is 0 Å². The summed E-state index contributed by atoms with van der Waals surface area (Å²) in [6.07, 6.45) is 11.8. The minimum Gasteiger partial charge on any atom is -0.271 e. The quantitative estimate of drug-likeness (QED) is 0.318. The summed E-state index contributed by atoms with van der Waals surface area (Å²) in [6.45, 7) is 6.81. The molecule has 0 aliphatic carbocycles. The van der Waals surface area contributed by atoms with Crippen molar-refractivity contribution in [3.05, 3.63) is 0 Å². The molecule has 0 fully saturated rings. The van der Waals surface area contributed by atoms with Gasteiger partial charge in [-0.25, -0.2) is 0 Å². The Morgan fingerprint density at radius 3 is 2.06 bits per heavy atom. The van der Waals surface area contributed by atoms with Crippen molar-refractivity contribution in [2.24, 2.45) is 11.8 Å². The topological polar surface area (TPSA) is 38.0 Å². The first-order valence-electron chi connectivity index (χ1n) is 7.26. The highest BCUT2D eigenvalue weighted by molar-refractivity contribution is 4.73. The molecule has 0 aromatic carbocycles. The molecule has 0 aliphatic rings. The molecule has 16 heavy (non-hydrogen) atoms. The van der Waals surface area contributed by atoms with Crippen molar-refractivity contribution in [1.29, 1.82) is 0 Å². The van der Waals surface area contributed by atoms with Crippen molar-refractivity contribution in [3.63, 3.8) is 0 Å². The van der Waals surface area contributed by atoms with E-state index in [1.54, 1.807) is 0 Å². The number of hydrogen-bond acceptors (Lipinski definition) is 2. The van der Waals surface area contributed by atoms with E-state index in [0.717, 1.165) is 5.92 Å². The lowest BCUT2D eigenvalue weighted by atomic mass is 9.88. The van der Waals surface area contributed by atoms with Crippen LogP contribution in [0, 0.1) is 5.92 Å². The predicted molar refractivity (Wildman–Crippen MR) is 73.2 cm³/mol. The maximum absolute atomic E-state index is 5.69. The second kappa shape index (κ2) is 11.4. The Morgan fingerprint density at radius 2 is 1.56 bits per heavy atom. The molecule has 0 saturated carbocycles. The van der Waals surface area contributed by atoms with E-state index in [1.165, 1.54) is 57.8 Å². The Hall–Kier alpha value is -0.0800. The number of nitrogens with one attached hydrogen (secondary N) is 1. The highest BCUT2D eigenvalue weighted by Gasteiger charge is 2.17. The van der Waals surface area contributed by atoms with Crippen molar-refractivity contribution >= 4 is 0 Å². The van der Waals surface area contributed by atoms with Gasteiger partial charge in [-0.3, -0.25) is 11.3 Å². The molecule has 0 aromatic heterocycles. The lowest BCUT2D eigenvalue weighted by Crippen LogP contribution is -2.40. The fourth-order valence-corrected chi connectivity index (χ4v) is 2.40. The number of unbranched alkanes of at least 4 members (excludes halogenated alkanes) is 4. The summed E-state index contributed by atoms with van der Waals surface area (Å²) in [5.74, 6) is 6.46. The van der Waals surface area contributed by atoms with Gasteiger partial charge in [0.05, 0.1) is 0 Å². The van der Waals surface area contributed by atoms with Crippen LogP contribution < -0.4 is 11.3 Å². The number of hydrogen-bond donors (Lipinski definition) is 2. The van der Waals surface area contributed by atoms with E-state index in [-0.39, 0.29) is 0 Å². The summed E-state index contributed by atoms with van der Waals surface area (Å²) >= 11 is 0. The normalized spacial score (nSPS) is 15.0. The summed E-state index contributed by atoms with van der Waals surface area (Å²) in [7, 11) is 0. The standard InChI is InChI=1S/C14H32N2/c1-4-7-9-10-12-14(16-15)13(6-3)11-8-5-2/h13-14,16H,4-12,15H2,1-3H3. The molecule has 0 aliphatic heterocycles. The van der Waals surface area contributed by atoms with E-state index in [1.807, 2.05) is 0 Å². The molecule has 0 rings (SSSR count). The summed E-state index contributed by atoms with van der Waals surface area (Å²) in [6, 6.07) is 0.536. The van der Waals surface area contributed by atoms with Gasteiger partial charge >= 0.3 is 0 Å². The molecule has 0 heterocycles. The fraction of sp³-hybridized carbons (Fsp3) is 1.00. The third-order valence-electron chi connectivity index (χ3n) is 3.60. The summed E-state index contributed by atoms with van der Waals surface area (Å²) < 4.78 is 0. The molecule has 98 valence electrons. The highest BCUT2D eigenvalue weighted by Crippen LogP contribution is 2.20. The first-order chi connectivity index (χ1) is 7.79. The minimum atomic E-state index is 0.536. The fourth-order valence-electron chi connectivity index (χ4n) is 2.40. The molecule has 2 atom stereocenters. The molecule has 2 heteroatoms. The van der Waals surface area contributed by atoms with E-state index in [2.05, 4.69) is 26.2 Å². The van der Waals surface area contributed by atoms with E-state index >= 15 is 0 Å². The van der Waals surface area contributed by atoms with Crippen molar-refractivity contribution in [3.8, 4) is 0 Å². The molecule has 0 saturated heterocycles. The monoisotopic (exact) mass is 228 g/mol. The first kappa shape index (κ1) is 15.9. The number of hydrazine groups is 1. The van der Waals surface area contributed by atoms with E-state index in [4.69, 9.17) is 5.84 Å². The van der Waals surface area contributed by atoms with Crippen LogP contribution in [0.4, 0.5) is 0 Å². The molecular weight excluding hydrogens is 196 g/mol. The van der Waals surface area contributed by atoms with Gasteiger partial charge in [0.15, 0.2) is 0 Å². The second-order valence-electron chi connectivity index (χ2n) is 4.93. The van der Waals surface area contributed by atoms with Gasteiger partial charge in [0.1, 0.15) is 0 Å². The maximum atomic E-state index is 5.69. The molecule has 2 nitrogen and oxygen atoms in total. The van der Waals surface area contributed by atoms with Crippen molar-refractivity contribution in [2.75, 3.05) is 0 Å². The zero-order valence-electron chi connectivity index (χ0n) is 11.6. The molecule has 0 amide bonds. The number of nitrogens with two attached hydrogens (primary N) is 1. The van der Waals surface area contributed by atoms with Crippen LogP contribution in [0.25, 0.3) is 0 Å². The van der Waals surface area contributed by atoms with Crippen LogP contribution in [0.2, 0.25) is 0 Å². The molecule has 0 spiro atoms. The zero-order chi connectivity index (χ0) is 12.2. The Labute approximate surface area is 102 Å². The van der Waals surface area contributed by atoms with Gasteiger partial charge in [0.2, 0.25) is 0 Å². The Kier molecular flexibility index (Phi) is 11.3. The molecule has 0 radical (unpaired) electrons. The van der Waals surface area contributed by atoms with Crippen molar-refractivity contribution in [1.82, 2.24) is 5.43 Å². The highest BCUT2D eigenvalue weighted by atomic mass is 15.2. The SMILES string of the molecule is CCCCCCC(NN)C(CC)CCCC. The molecule has 0 aromatic rings. The van der Waals surface area contributed by atoms with Gasteiger partial charge in [0, 0.05) is 6.04 Å². The van der Waals surface area contributed by atoms with E-state index in [0.29, 0.717) is 6.04 Å². The minimum absolute atomic E-state index is 0.536. The summed E-state index contributed by atoms with van der Waals surface area (Å²) in [5, 5.41) is 0. The molecular formula is C14H32N2. The molecule has 0 bridgehead atoms. The van der Waals surface area contributed by atoms with Gasteiger partial charge in [-0.2, -0.15) is 0 Å². The van der Waals surface area contributed by atoms with Gasteiger partial charge in [-0.1, -0.05) is 65.7 Å². The lowest BCUT2D eigenvalue weighted by Gasteiger charge is -2.25. The van der Waals surface area contributed by atoms with E-state index < -0.39 is 0 Å². The van der Waals surface area contributed by atoms with Gasteiger partial charge in [-0.05, 0) is 18.8 Å². The molecule has 2 unspecified atom stereocenters.